The summed E-state index contributed by atoms with van der Waals surface area (Å²) in [7, 11) is 0. The highest BCUT2D eigenvalue weighted by atomic mass is 32.2. The van der Waals surface area contributed by atoms with Crippen LogP contribution in [0.3, 0.4) is 0 Å². The molecule has 1 rings (SSSR count). The number of aromatic nitrogens is 2. The van der Waals surface area contributed by atoms with E-state index in [0.29, 0.717) is 17.2 Å². The van der Waals surface area contributed by atoms with Gasteiger partial charge in [0.1, 0.15) is 0 Å². The molecule has 1 atom stereocenters. The van der Waals surface area contributed by atoms with E-state index in [1.54, 1.807) is 11.8 Å². The van der Waals surface area contributed by atoms with Crippen molar-refractivity contribution < 1.29 is 4.42 Å². The molecule has 98 valence electrons. The second kappa shape index (κ2) is 8.53. The number of hydrogen-bond donors (Lipinski definition) is 1. The van der Waals surface area contributed by atoms with Crippen molar-refractivity contribution in [2.45, 2.75) is 57.7 Å². The Morgan fingerprint density at radius 3 is 2.82 bits per heavy atom. The number of unbranched alkanes of at least 4 members (excludes halogenated alkanes) is 1. The lowest BCUT2D eigenvalue weighted by Gasteiger charge is -2.12. The zero-order chi connectivity index (χ0) is 12.5. The Morgan fingerprint density at radius 2 is 2.18 bits per heavy atom. The molecule has 0 aliphatic carbocycles. The maximum absolute atomic E-state index is 5.29. The summed E-state index contributed by atoms with van der Waals surface area (Å²) in [6.07, 6.45) is 4.89. The van der Waals surface area contributed by atoms with E-state index in [1.807, 2.05) is 6.92 Å². The van der Waals surface area contributed by atoms with E-state index in [0.717, 1.165) is 12.3 Å². The predicted molar refractivity (Wildman–Crippen MR) is 71.4 cm³/mol. The summed E-state index contributed by atoms with van der Waals surface area (Å²) in [5, 5.41) is 11.9. The molecule has 0 aliphatic rings. The van der Waals surface area contributed by atoms with Gasteiger partial charge in [0, 0.05) is 18.7 Å². The van der Waals surface area contributed by atoms with Gasteiger partial charge < -0.3 is 9.73 Å². The largest absolute Gasteiger partial charge is 0.416 e. The average Bonchev–Trinajstić information content (AvgIpc) is 2.72. The smallest absolute Gasteiger partial charge is 0.276 e. The van der Waals surface area contributed by atoms with Crippen molar-refractivity contribution >= 4 is 11.8 Å². The number of nitrogens with zero attached hydrogens (tertiary/aromatic N) is 2. The molecule has 0 bridgehead atoms. The molecule has 1 aromatic heterocycles. The van der Waals surface area contributed by atoms with Gasteiger partial charge in [0.2, 0.25) is 5.89 Å². The van der Waals surface area contributed by atoms with Crippen molar-refractivity contribution in [2.75, 3.05) is 12.3 Å². The van der Waals surface area contributed by atoms with Gasteiger partial charge in [-0.05, 0) is 32.7 Å². The molecule has 0 fully saturated rings. The predicted octanol–water partition coefficient (Wildman–Crippen LogP) is 3.03. The number of aryl methyl sites for hydroxylation is 1. The van der Waals surface area contributed by atoms with Crippen LogP contribution in [0.25, 0.3) is 0 Å². The Balaban J connectivity index is 1.97. The van der Waals surface area contributed by atoms with Crippen LogP contribution >= 0.6 is 11.8 Å². The molecule has 1 aromatic rings. The van der Waals surface area contributed by atoms with E-state index in [1.165, 1.54) is 25.7 Å². The summed E-state index contributed by atoms with van der Waals surface area (Å²) < 4.78 is 5.29. The summed E-state index contributed by atoms with van der Waals surface area (Å²) >= 11 is 1.65. The lowest BCUT2D eigenvalue weighted by molar-refractivity contribution is 0.429. The number of thioether (sulfide) groups is 1. The molecule has 0 radical (unpaired) electrons. The van der Waals surface area contributed by atoms with Crippen molar-refractivity contribution in [2.24, 2.45) is 0 Å². The van der Waals surface area contributed by atoms with Gasteiger partial charge in [0.15, 0.2) is 0 Å². The number of nitrogens with one attached hydrogen (secondary N) is 1. The first-order valence-electron chi connectivity index (χ1n) is 6.38. The van der Waals surface area contributed by atoms with Gasteiger partial charge in [-0.1, -0.05) is 25.1 Å². The molecule has 0 saturated carbocycles. The van der Waals surface area contributed by atoms with Gasteiger partial charge in [0.25, 0.3) is 5.22 Å². The summed E-state index contributed by atoms with van der Waals surface area (Å²) in [5.74, 6) is 1.70. The van der Waals surface area contributed by atoms with E-state index in [9.17, 15) is 0 Å². The van der Waals surface area contributed by atoms with Gasteiger partial charge in [-0.15, -0.1) is 10.2 Å². The molecular formula is C12H23N3OS. The fourth-order valence-corrected chi connectivity index (χ4v) is 2.34. The minimum Gasteiger partial charge on any atom is -0.416 e. The highest BCUT2D eigenvalue weighted by molar-refractivity contribution is 7.99. The SMILES string of the molecule is CCCNC(C)CCCCSc1nnc(C)o1. The highest BCUT2D eigenvalue weighted by Gasteiger charge is 2.03. The third-order valence-electron chi connectivity index (χ3n) is 2.51. The third-order valence-corrected chi connectivity index (χ3v) is 3.41. The Hall–Kier alpha value is -0.550. The van der Waals surface area contributed by atoms with Gasteiger partial charge in [-0.3, -0.25) is 0 Å². The molecule has 1 heterocycles. The summed E-state index contributed by atoms with van der Waals surface area (Å²) in [5.41, 5.74) is 0. The lowest BCUT2D eigenvalue weighted by Crippen LogP contribution is -2.26. The van der Waals surface area contributed by atoms with Crippen LogP contribution in [0.2, 0.25) is 0 Å². The Labute approximate surface area is 108 Å². The quantitative estimate of drug-likeness (QED) is 0.544. The van der Waals surface area contributed by atoms with E-state index in [4.69, 9.17) is 4.42 Å². The molecule has 0 saturated heterocycles. The van der Waals surface area contributed by atoms with E-state index in [2.05, 4.69) is 29.4 Å². The summed E-state index contributed by atoms with van der Waals surface area (Å²) in [4.78, 5) is 0. The summed E-state index contributed by atoms with van der Waals surface area (Å²) in [6, 6.07) is 0.630. The Bertz CT molecular complexity index is 304. The topological polar surface area (TPSA) is 51.0 Å². The maximum atomic E-state index is 5.29. The van der Waals surface area contributed by atoms with E-state index in [-0.39, 0.29) is 0 Å². The molecule has 17 heavy (non-hydrogen) atoms. The van der Waals surface area contributed by atoms with Crippen molar-refractivity contribution in [3.05, 3.63) is 5.89 Å². The molecule has 0 spiro atoms. The lowest BCUT2D eigenvalue weighted by atomic mass is 10.1. The molecular weight excluding hydrogens is 234 g/mol. The van der Waals surface area contributed by atoms with Crippen LogP contribution in [-0.4, -0.2) is 28.5 Å². The van der Waals surface area contributed by atoms with Crippen LogP contribution in [-0.2, 0) is 0 Å². The fourth-order valence-electron chi connectivity index (χ4n) is 1.54. The van der Waals surface area contributed by atoms with Gasteiger partial charge in [-0.25, -0.2) is 0 Å². The molecule has 1 unspecified atom stereocenters. The van der Waals surface area contributed by atoms with Crippen LogP contribution < -0.4 is 5.32 Å². The molecule has 4 nitrogen and oxygen atoms in total. The van der Waals surface area contributed by atoms with Gasteiger partial charge >= 0.3 is 0 Å². The highest BCUT2D eigenvalue weighted by Crippen LogP contribution is 2.17. The Morgan fingerprint density at radius 1 is 1.35 bits per heavy atom. The van der Waals surface area contributed by atoms with E-state index >= 15 is 0 Å². The maximum Gasteiger partial charge on any atom is 0.276 e. The van der Waals surface area contributed by atoms with Crippen LogP contribution in [0.5, 0.6) is 0 Å². The van der Waals surface area contributed by atoms with Gasteiger partial charge in [-0.2, -0.15) is 0 Å². The van der Waals surface area contributed by atoms with Gasteiger partial charge in [0.05, 0.1) is 0 Å². The second-order valence-electron chi connectivity index (χ2n) is 4.29. The van der Waals surface area contributed by atoms with Crippen LogP contribution in [0, 0.1) is 6.92 Å². The first-order chi connectivity index (χ1) is 8.22. The minimum atomic E-state index is 0.630. The molecule has 0 amide bonds. The average molecular weight is 257 g/mol. The van der Waals surface area contributed by atoms with Crippen LogP contribution in [0.15, 0.2) is 9.64 Å². The monoisotopic (exact) mass is 257 g/mol. The molecule has 0 aliphatic heterocycles. The van der Waals surface area contributed by atoms with Crippen LogP contribution in [0.4, 0.5) is 0 Å². The summed E-state index contributed by atoms with van der Waals surface area (Å²) in [6.45, 7) is 7.39. The molecule has 1 N–H and O–H groups in total. The van der Waals surface area contributed by atoms with Crippen molar-refractivity contribution in [1.29, 1.82) is 0 Å². The zero-order valence-corrected chi connectivity index (χ0v) is 11.8. The van der Waals surface area contributed by atoms with Crippen molar-refractivity contribution in [3.63, 3.8) is 0 Å². The minimum absolute atomic E-state index is 0.630. The first-order valence-corrected chi connectivity index (χ1v) is 7.37. The number of hydrogen-bond acceptors (Lipinski definition) is 5. The number of rotatable bonds is 9. The third kappa shape index (κ3) is 6.68. The molecule has 0 aromatic carbocycles. The van der Waals surface area contributed by atoms with Crippen molar-refractivity contribution in [3.8, 4) is 0 Å². The van der Waals surface area contributed by atoms with Crippen molar-refractivity contribution in [1.82, 2.24) is 15.5 Å². The standard InChI is InChI=1S/C12H23N3OS/c1-4-8-13-10(2)7-5-6-9-17-12-15-14-11(3)16-12/h10,13H,4-9H2,1-3H3. The van der Waals surface area contributed by atoms with E-state index < -0.39 is 0 Å². The normalized spacial score (nSPS) is 12.9. The second-order valence-corrected chi connectivity index (χ2v) is 5.33. The Kier molecular flexibility index (Phi) is 7.28. The van der Waals surface area contributed by atoms with Crippen LogP contribution in [0.1, 0.15) is 45.4 Å². The molecule has 5 heteroatoms. The first kappa shape index (κ1) is 14.5. The zero-order valence-electron chi connectivity index (χ0n) is 11.0. The fraction of sp³-hybridized carbons (Fsp3) is 0.833.